The third kappa shape index (κ3) is 2.04. The van der Waals surface area contributed by atoms with Crippen molar-refractivity contribution >= 4 is 22.9 Å². The minimum atomic E-state index is 0.0158. The third-order valence-electron chi connectivity index (χ3n) is 3.86. The number of anilines is 1. The molecule has 90 valence electrons. The smallest absolute Gasteiger partial charge is 0.110 e. The topological polar surface area (TPSA) is 24.1 Å². The summed E-state index contributed by atoms with van der Waals surface area (Å²) in [5.41, 5.74) is 2.34. The quantitative estimate of drug-likeness (QED) is 0.686. The molecule has 1 spiro atoms. The Morgan fingerprint density at radius 3 is 2.41 bits per heavy atom. The molecule has 1 aliphatic carbocycles. The Labute approximate surface area is 108 Å². The number of hydrogen-bond acceptors (Lipinski definition) is 2. The lowest BCUT2D eigenvalue weighted by Crippen LogP contribution is -2.56. The summed E-state index contributed by atoms with van der Waals surface area (Å²) >= 11 is 5.51. The van der Waals surface area contributed by atoms with Crippen LogP contribution in [0.25, 0.3) is 0 Å². The Bertz CT molecular complexity index is 434. The van der Waals surface area contributed by atoms with Crippen LogP contribution in [-0.4, -0.2) is 10.7 Å². The van der Waals surface area contributed by atoms with Crippen molar-refractivity contribution in [2.45, 2.75) is 44.2 Å². The molecule has 2 N–H and O–H groups in total. The molecule has 1 heterocycles. The zero-order valence-corrected chi connectivity index (χ0v) is 10.8. The zero-order chi connectivity index (χ0) is 11.7. The highest BCUT2D eigenvalue weighted by Gasteiger charge is 2.35. The number of fused-ring (bicyclic) bond motifs is 1. The first-order valence-electron chi connectivity index (χ1n) is 6.49. The van der Waals surface area contributed by atoms with Crippen LogP contribution in [0, 0.1) is 0 Å². The molecule has 1 aliphatic heterocycles. The maximum absolute atomic E-state index is 5.51. The lowest BCUT2D eigenvalue weighted by atomic mass is 9.95. The molecule has 3 rings (SSSR count). The minimum Gasteiger partial charge on any atom is -0.362 e. The van der Waals surface area contributed by atoms with Gasteiger partial charge in [0.15, 0.2) is 0 Å². The molecule has 0 bridgehead atoms. The van der Waals surface area contributed by atoms with E-state index in [4.69, 9.17) is 12.2 Å². The van der Waals surface area contributed by atoms with E-state index in [0.717, 1.165) is 10.6 Å². The summed E-state index contributed by atoms with van der Waals surface area (Å²) in [5, 5.41) is 7.23. The van der Waals surface area contributed by atoms with Crippen LogP contribution in [0.15, 0.2) is 24.3 Å². The lowest BCUT2D eigenvalue weighted by Gasteiger charge is -2.41. The summed E-state index contributed by atoms with van der Waals surface area (Å²) in [7, 11) is 0. The number of hydrogen-bond donors (Lipinski definition) is 2. The molecular weight excluding hydrogens is 228 g/mol. The molecule has 0 unspecified atom stereocenters. The number of nitrogens with one attached hydrogen (secondary N) is 2. The highest BCUT2D eigenvalue weighted by atomic mass is 32.1. The van der Waals surface area contributed by atoms with Crippen LogP contribution < -0.4 is 10.6 Å². The van der Waals surface area contributed by atoms with E-state index in [0.29, 0.717) is 0 Å². The van der Waals surface area contributed by atoms with Crippen molar-refractivity contribution in [2.75, 3.05) is 5.32 Å². The van der Waals surface area contributed by atoms with Gasteiger partial charge in [0.05, 0.1) is 0 Å². The molecule has 1 aromatic rings. The molecular formula is C14H18N2S. The van der Waals surface area contributed by atoms with Crippen molar-refractivity contribution < 1.29 is 0 Å². The predicted molar refractivity (Wildman–Crippen MR) is 75.3 cm³/mol. The van der Waals surface area contributed by atoms with Crippen LogP contribution in [0.2, 0.25) is 0 Å². The van der Waals surface area contributed by atoms with Gasteiger partial charge in [-0.2, -0.15) is 0 Å². The van der Waals surface area contributed by atoms with Crippen molar-refractivity contribution in [3.05, 3.63) is 29.8 Å². The first kappa shape index (κ1) is 11.0. The maximum Gasteiger partial charge on any atom is 0.110 e. The number of benzene rings is 1. The summed E-state index contributed by atoms with van der Waals surface area (Å²) < 4.78 is 0. The van der Waals surface area contributed by atoms with Crippen LogP contribution in [0.1, 0.15) is 44.1 Å². The Morgan fingerprint density at radius 2 is 1.65 bits per heavy atom. The zero-order valence-electron chi connectivity index (χ0n) is 9.96. The molecule has 1 saturated carbocycles. The summed E-state index contributed by atoms with van der Waals surface area (Å²) in [6.07, 6.45) is 7.59. The summed E-state index contributed by atoms with van der Waals surface area (Å²) in [6.45, 7) is 0. The van der Waals surface area contributed by atoms with E-state index in [1.165, 1.54) is 44.2 Å². The normalized spacial score (nSPS) is 22.2. The van der Waals surface area contributed by atoms with Crippen molar-refractivity contribution in [1.82, 2.24) is 5.32 Å². The van der Waals surface area contributed by atoms with Gasteiger partial charge in [0.25, 0.3) is 0 Å². The molecule has 17 heavy (non-hydrogen) atoms. The van der Waals surface area contributed by atoms with Gasteiger partial charge < -0.3 is 10.6 Å². The Morgan fingerprint density at radius 1 is 0.941 bits per heavy atom. The van der Waals surface area contributed by atoms with E-state index in [2.05, 4.69) is 28.8 Å². The molecule has 0 amide bonds. The summed E-state index contributed by atoms with van der Waals surface area (Å²) in [6, 6.07) is 8.33. The van der Waals surface area contributed by atoms with Gasteiger partial charge in [0, 0.05) is 11.3 Å². The molecule has 0 saturated heterocycles. The highest BCUT2D eigenvalue weighted by molar-refractivity contribution is 7.80. The number of rotatable bonds is 0. The molecule has 0 aromatic heterocycles. The highest BCUT2D eigenvalue weighted by Crippen LogP contribution is 2.33. The van der Waals surface area contributed by atoms with Crippen LogP contribution in [0.3, 0.4) is 0 Å². The largest absolute Gasteiger partial charge is 0.362 e. The second kappa shape index (κ2) is 4.30. The second-order valence-electron chi connectivity index (χ2n) is 5.12. The molecule has 2 nitrogen and oxygen atoms in total. The second-order valence-corrected chi connectivity index (χ2v) is 5.53. The number of thiocarbonyl (C=S) groups is 1. The van der Waals surface area contributed by atoms with E-state index in [-0.39, 0.29) is 5.66 Å². The Hall–Kier alpha value is -1.09. The fourth-order valence-electron chi connectivity index (χ4n) is 2.95. The Balaban J connectivity index is 1.94. The first-order chi connectivity index (χ1) is 8.29. The van der Waals surface area contributed by atoms with Crippen LogP contribution in [-0.2, 0) is 0 Å². The van der Waals surface area contributed by atoms with E-state index < -0.39 is 0 Å². The lowest BCUT2D eigenvalue weighted by molar-refractivity contribution is 0.377. The van der Waals surface area contributed by atoms with Gasteiger partial charge in [0.1, 0.15) is 10.7 Å². The van der Waals surface area contributed by atoms with Gasteiger partial charge in [-0.25, -0.2) is 0 Å². The van der Waals surface area contributed by atoms with Crippen molar-refractivity contribution in [2.24, 2.45) is 0 Å². The van der Waals surface area contributed by atoms with Gasteiger partial charge in [-0.15, -0.1) is 0 Å². The fourth-order valence-corrected chi connectivity index (χ4v) is 3.32. The van der Waals surface area contributed by atoms with Gasteiger partial charge >= 0.3 is 0 Å². The number of para-hydroxylation sites is 1. The van der Waals surface area contributed by atoms with Gasteiger partial charge in [-0.05, 0) is 37.8 Å². The van der Waals surface area contributed by atoms with Gasteiger partial charge in [-0.1, -0.05) is 37.2 Å². The van der Waals surface area contributed by atoms with Crippen LogP contribution >= 0.6 is 12.2 Å². The van der Waals surface area contributed by atoms with Crippen LogP contribution in [0.4, 0.5) is 5.69 Å². The minimum absolute atomic E-state index is 0.0158. The van der Waals surface area contributed by atoms with Crippen molar-refractivity contribution in [3.63, 3.8) is 0 Å². The van der Waals surface area contributed by atoms with E-state index in [1.807, 2.05) is 6.07 Å². The van der Waals surface area contributed by atoms with Crippen LogP contribution in [0.5, 0.6) is 0 Å². The van der Waals surface area contributed by atoms with E-state index >= 15 is 0 Å². The third-order valence-corrected chi connectivity index (χ3v) is 4.18. The summed E-state index contributed by atoms with van der Waals surface area (Å²) in [4.78, 5) is 0.904. The maximum atomic E-state index is 5.51. The molecule has 1 fully saturated rings. The molecule has 2 aliphatic rings. The SMILES string of the molecule is S=C1NC2(CCCCCC2)Nc2ccccc21. The van der Waals surface area contributed by atoms with Gasteiger partial charge in [0.2, 0.25) is 0 Å². The molecule has 3 heteroatoms. The monoisotopic (exact) mass is 246 g/mol. The molecule has 0 atom stereocenters. The van der Waals surface area contributed by atoms with E-state index in [1.54, 1.807) is 0 Å². The predicted octanol–water partition coefficient (Wildman–Crippen LogP) is 3.43. The Kier molecular flexibility index (Phi) is 2.79. The fraction of sp³-hybridized carbons (Fsp3) is 0.500. The van der Waals surface area contributed by atoms with Gasteiger partial charge in [-0.3, -0.25) is 0 Å². The molecule has 0 radical (unpaired) electrons. The standard InChI is InChI=1S/C14H18N2S/c17-13-11-7-3-4-8-12(11)15-14(16-13)9-5-1-2-6-10-14/h3-4,7-8,15H,1-2,5-6,9-10H2,(H,16,17). The average molecular weight is 246 g/mol. The first-order valence-corrected chi connectivity index (χ1v) is 6.90. The molecule has 1 aromatic carbocycles. The van der Waals surface area contributed by atoms with E-state index in [9.17, 15) is 0 Å². The average Bonchev–Trinajstić information content (AvgIpc) is 2.55. The van der Waals surface area contributed by atoms with Crippen molar-refractivity contribution in [1.29, 1.82) is 0 Å². The summed E-state index contributed by atoms with van der Waals surface area (Å²) in [5.74, 6) is 0. The van der Waals surface area contributed by atoms with Crippen molar-refractivity contribution in [3.8, 4) is 0 Å².